The summed E-state index contributed by atoms with van der Waals surface area (Å²) in [7, 11) is -0.471. The molecule has 2 aromatic heterocycles. The Hall–Kier alpha value is -3.33. The number of aromatic nitrogens is 4. The lowest BCUT2D eigenvalue weighted by atomic mass is 10.3. The smallest absolute Gasteiger partial charge is 0.335 e. The third-order valence-corrected chi connectivity index (χ3v) is 5.44. The maximum Gasteiger partial charge on any atom is 0.335 e. The third-order valence-electron chi connectivity index (χ3n) is 3.74. The van der Waals surface area contributed by atoms with Gasteiger partial charge in [0.05, 0.1) is 20.3 Å². The Morgan fingerprint density at radius 1 is 1.29 bits per heavy atom. The molecule has 0 aliphatic carbocycles. The first kappa shape index (κ1) is 22.4. The summed E-state index contributed by atoms with van der Waals surface area (Å²) in [6, 6.07) is 0.215. The molecule has 2 amide bonds. The van der Waals surface area contributed by atoms with Crippen LogP contribution in [0, 0.1) is 0 Å². The van der Waals surface area contributed by atoms with E-state index < -0.39 is 27.2 Å². The van der Waals surface area contributed by atoms with E-state index in [2.05, 4.69) is 25.5 Å². The van der Waals surface area contributed by atoms with Gasteiger partial charge in [-0.15, -0.1) is 0 Å². The molecular weight excluding hydrogens is 458 g/mol. The van der Waals surface area contributed by atoms with E-state index in [9.17, 15) is 13.2 Å². The molecule has 168 valence electrons. The number of anilines is 1. The van der Waals surface area contributed by atoms with Crippen LogP contribution < -0.4 is 19.5 Å². The third kappa shape index (κ3) is 4.88. The first-order valence-electron chi connectivity index (χ1n) is 8.55. The van der Waals surface area contributed by atoms with E-state index in [1.54, 1.807) is 6.92 Å². The van der Waals surface area contributed by atoms with Crippen molar-refractivity contribution in [2.24, 2.45) is 12.2 Å². The van der Waals surface area contributed by atoms with E-state index >= 15 is 0 Å². The maximum atomic E-state index is 12.9. The molecule has 0 saturated carbocycles. The van der Waals surface area contributed by atoms with E-state index in [4.69, 9.17) is 30.6 Å². The monoisotopic (exact) mass is 475 g/mol. The largest absolute Gasteiger partial charge is 0.481 e. The second-order valence-corrected chi connectivity index (χ2v) is 8.01. The van der Waals surface area contributed by atoms with Crippen LogP contribution in [-0.2, 0) is 26.6 Å². The normalized spacial score (nSPS) is 15.9. The summed E-state index contributed by atoms with van der Waals surface area (Å²) in [5.74, 6) is -0.257. The average molecular weight is 476 g/mol. The van der Waals surface area contributed by atoms with E-state index in [1.165, 1.54) is 27.3 Å². The highest BCUT2D eigenvalue weighted by Crippen LogP contribution is 2.26. The van der Waals surface area contributed by atoms with Crippen LogP contribution in [-0.4, -0.2) is 67.0 Å². The second kappa shape index (κ2) is 8.81. The van der Waals surface area contributed by atoms with Gasteiger partial charge in [-0.25, -0.2) is 9.52 Å². The van der Waals surface area contributed by atoms with Crippen LogP contribution in [0.5, 0.6) is 11.8 Å². The Bertz CT molecular complexity index is 1110. The van der Waals surface area contributed by atoms with Gasteiger partial charge in [0.2, 0.25) is 17.7 Å². The van der Waals surface area contributed by atoms with Gasteiger partial charge in [0.1, 0.15) is 11.7 Å². The fourth-order valence-electron chi connectivity index (χ4n) is 2.48. The van der Waals surface area contributed by atoms with Crippen LogP contribution in [0.25, 0.3) is 0 Å². The zero-order valence-electron chi connectivity index (χ0n) is 16.7. The van der Waals surface area contributed by atoms with Crippen LogP contribution in [0.3, 0.4) is 0 Å². The number of amides is 2. The SMILES string of the molecule is COc1cc(OC)nc(NC(=O)NS(=O)(=O)c2c(C3=NOC[C@@H](C)O3)c(Cl)nn2C)n1. The molecule has 1 aliphatic heterocycles. The molecule has 0 radical (unpaired) electrons. The summed E-state index contributed by atoms with van der Waals surface area (Å²) in [6.07, 6.45) is -0.407. The zero-order chi connectivity index (χ0) is 22.8. The van der Waals surface area contributed by atoms with E-state index in [-0.39, 0.29) is 40.9 Å². The minimum atomic E-state index is -4.50. The highest BCUT2D eigenvalue weighted by molar-refractivity contribution is 7.90. The Morgan fingerprint density at radius 3 is 2.52 bits per heavy atom. The molecule has 16 heteroatoms. The summed E-state index contributed by atoms with van der Waals surface area (Å²) in [5.41, 5.74) is -0.157. The first-order valence-corrected chi connectivity index (χ1v) is 10.4. The number of nitrogens with one attached hydrogen (secondary N) is 2. The Labute approximate surface area is 181 Å². The topological polar surface area (TPSA) is 168 Å². The zero-order valence-corrected chi connectivity index (χ0v) is 18.3. The van der Waals surface area contributed by atoms with Crippen molar-refractivity contribution in [3.63, 3.8) is 0 Å². The molecule has 0 saturated heterocycles. The van der Waals surface area contributed by atoms with Crippen LogP contribution in [0.1, 0.15) is 12.5 Å². The van der Waals surface area contributed by atoms with Crippen molar-refractivity contribution >= 4 is 39.5 Å². The summed E-state index contributed by atoms with van der Waals surface area (Å²) in [4.78, 5) is 25.1. The Morgan fingerprint density at radius 2 is 1.94 bits per heavy atom. The number of oxime groups is 1. The number of sulfonamides is 1. The predicted molar refractivity (Wildman–Crippen MR) is 106 cm³/mol. The van der Waals surface area contributed by atoms with Gasteiger partial charge >= 0.3 is 6.03 Å². The number of ether oxygens (including phenoxy) is 3. The van der Waals surface area contributed by atoms with E-state index in [0.29, 0.717) is 0 Å². The number of aryl methyl sites for hydroxylation is 1. The van der Waals surface area contributed by atoms with Crippen molar-refractivity contribution in [1.82, 2.24) is 24.5 Å². The average Bonchev–Trinajstić information content (AvgIpc) is 3.01. The van der Waals surface area contributed by atoms with Gasteiger partial charge in [-0.05, 0) is 12.1 Å². The number of hydrogen-bond donors (Lipinski definition) is 2. The van der Waals surface area contributed by atoms with E-state index in [0.717, 1.165) is 4.68 Å². The molecule has 14 nitrogen and oxygen atoms in total. The van der Waals surface area contributed by atoms with Gasteiger partial charge in [0, 0.05) is 7.05 Å². The molecule has 0 aromatic carbocycles. The molecular formula is C15H18ClN7O7S. The fourth-order valence-corrected chi connectivity index (χ4v) is 4.06. The second-order valence-electron chi connectivity index (χ2n) is 6.05. The van der Waals surface area contributed by atoms with Gasteiger partial charge in [0.15, 0.2) is 16.8 Å². The number of carbonyl (C=O) groups excluding carboxylic acids is 1. The molecule has 0 unspecified atom stereocenters. The number of nitrogens with zero attached hydrogens (tertiary/aromatic N) is 5. The highest BCUT2D eigenvalue weighted by atomic mass is 35.5. The Kier molecular flexibility index (Phi) is 6.35. The molecule has 0 bridgehead atoms. The summed E-state index contributed by atoms with van der Waals surface area (Å²) in [6.45, 7) is 1.87. The van der Waals surface area contributed by atoms with Crippen molar-refractivity contribution in [3.05, 3.63) is 16.8 Å². The van der Waals surface area contributed by atoms with Crippen LogP contribution in [0.4, 0.5) is 10.7 Å². The minimum Gasteiger partial charge on any atom is -0.481 e. The maximum absolute atomic E-state index is 12.9. The van der Waals surface area contributed by atoms with Crippen LogP contribution >= 0.6 is 11.6 Å². The summed E-state index contributed by atoms with van der Waals surface area (Å²) >= 11 is 6.08. The molecule has 3 rings (SSSR count). The van der Waals surface area contributed by atoms with Crippen molar-refractivity contribution in [1.29, 1.82) is 0 Å². The molecule has 0 spiro atoms. The molecule has 3 heterocycles. The summed E-state index contributed by atoms with van der Waals surface area (Å²) < 4.78 is 44.1. The Balaban J connectivity index is 1.88. The predicted octanol–water partition coefficient (Wildman–Crippen LogP) is 0.488. The van der Waals surface area contributed by atoms with Gasteiger partial charge in [-0.1, -0.05) is 11.6 Å². The number of carbonyl (C=O) groups is 1. The number of urea groups is 1. The van der Waals surface area contributed by atoms with Crippen molar-refractivity contribution in [2.45, 2.75) is 18.1 Å². The van der Waals surface area contributed by atoms with Gasteiger partial charge in [-0.3, -0.25) is 10.00 Å². The minimum absolute atomic E-state index is 0.0901. The lowest BCUT2D eigenvalue weighted by Crippen LogP contribution is -2.37. The number of rotatable bonds is 6. The van der Waals surface area contributed by atoms with Crippen molar-refractivity contribution < 1.29 is 32.3 Å². The first-order chi connectivity index (χ1) is 14.6. The molecule has 2 aromatic rings. The number of methoxy groups -OCH3 is 2. The number of hydrogen-bond acceptors (Lipinski definition) is 11. The molecule has 1 aliphatic rings. The number of halogens is 1. The standard InChI is InChI=1S/C15H18ClN7O7S/c1-7-6-29-21-12(30-7)10-11(16)20-23(2)13(10)31(25,26)22-15(24)19-14-17-8(27-3)5-9(18-14)28-4/h5,7H,6H2,1-4H3,(H2,17,18,19,22,24)/t7-/m1/s1. The van der Waals surface area contributed by atoms with Gasteiger partial charge in [-0.2, -0.15) is 23.5 Å². The van der Waals surface area contributed by atoms with Crippen LogP contribution in [0.15, 0.2) is 16.2 Å². The molecule has 0 fully saturated rings. The lowest BCUT2D eigenvalue weighted by molar-refractivity contribution is 0.0194. The van der Waals surface area contributed by atoms with E-state index in [1.807, 2.05) is 4.72 Å². The lowest BCUT2D eigenvalue weighted by Gasteiger charge is -2.20. The highest BCUT2D eigenvalue weighted by Gasteiger charge is 2.34. The molecule has 2 N–H and O–H groups in total. The van der Waals surface area contributed by atoms with Gasteiger partial charge < -0.3 is 19.0 Å². The van der Waals surface area contributed by atoms with Crippen LogP contribution in [0.2, 0.25) is 5.15 Å². The summed E-state index contributed by atoms with van der Waals surface area (Å²) in [5, 5.41) is 9.09. The van der Waals surface area contributed by atoms with Crippen molar-refractivity contribution in [2.75, 3.05) is 26.1 Å². The molecule has 31 heavy (non-hydrogen) atoms. The fraction of sp³-hybridized carbons (Fsp3) is 0.400. The molecule has 1 atom stereocenters. The van der Waals surface area contributed by atoms with Crippen molar-refractivity contribution in [3.8, 4) is 11.8 Å². The quantitative estimate of drug-likeness (QED) is 0.599. The van der Waals surface area contributed by atoms with Gasteiger partial charge in [0.25, 0.3) is 15.9 Å².